The molecule has 2 heterocycles. The molecule has 150 valence electrons. The second-order valence-electron chi connectivity index (χ2n) is 6.50. The van der Waals surface area contributed by atoms with Crippen LogP contribution in [0.25, 0.3) is 16.9 Å². The molecule has 1 amide bonds. The molecule has 0 bridgehead atoms. The minimum atomic E-state index is -0.341. The number of amides is 1. The molecular weight excluding hydrogens is 380 g/mol. The predicted molar refractivity (Wildman–Crippen MR) is 114 cm³/mol. The molecule has 0 unspecified atom stereocenters. The molecule has 0 radical (unpaired) electrons. The summed E-state index contributed by atoms with van der Waals surface area (Å²) in [7, 11) is 1.62. The molecule has 0 saturated carbocycles. The molecule has 7 heteroatoms. The number of rotatable bonds is 6. The fraction of sp³-hybridized carbons (Fsp3) is 0.0870. The van der Waals surface area contributed by atoms with E-state index in [1.54, 1.807) is 31.0 Å². The summed E-state index contributed by atoms with van der Waals surface area (Å²) in [5.41, 5.74) is 6.13. The summed E-state index contributed by atoms with van der Waals surface area (Å²) in [6.07, 6.45) is 4.90. The van der Waals surface area contributed by atoms with Crippen molar-refractivity contribution in [3.63, 3.8) is 0 Å². The first kappa shape index (κ1) is 19.2. The molecule has 4 rings (SSSR count). The Morgan fingerprint density at radius 2 is 1.90 bits per heavy atom. The van der Waals surface area contributed by atoms with E-state index in [0.717, 1.165) is 16.8 Å². The van der Waals surface area contributed by atoms with Crippen LogP contribution in [0, 0.1) is 6.92 Å². The maximum absolute atomic E-state index is 12.3. The molecule has 0 fully saturated rings. The first-order valence-corrected chi connectivity index (χ1v) is 9.33. The van der Waals surface area contributed by atoms with Gasteiger partial charge in [0.15, 0.2) is 0 Å². The Hall–Kier alpha value is -4.13. The van der Waals surface area contributed by atoms with Gasteiger partial charge in [-0.25, -0.2) is 10.1 Å². The molecular formula is C23H20N4O3. The zero-order valence-electron chi connectivity index (χ0n) is 16.6. The van der Waals surface area contributed by atoms with E-state index in [9.17, 15) is 4.79 Å². The summed E-state index contributed by atoms with van der Waals surface area (Å²) < 4.78 is 12.4. The summed E-state index contributed by atoms with van der Waals surface area (Å²) in [5, 5.41) is 8.87. The number of hydrogen-bond donors (Lipinski definition) is 1. The van der Waals surface area contributed by atoms with E-state index in [-0.39, 0.29) is 5.91 Å². The Labute approximate surface area is 173 Å². The largest absolute Gasteiger partial charge is 0.496 e. The quantitative estimate of drug-likeness (QED) is 0.388. The van der Waals surface area contributed by atoms with E-state index in [0.29, 0.717) is 22.8 Å². The van der Waals surface area contributed by atoms with Gasteiger partial charge in [-0.2, -0.15) is 10.2 Å². The van der Waals surface area contributed by atoms with E-state index in [1.165, 1.54) is 6.26 Å². The summed E-state index contributed by atoms with van der Waals surface area (Å²) in [5.74, 6) is 0.893. The van der Waals surface area contributed by atoms with Crippen molar-refractivity contribution in [1.29, 1.82) is 0 Å². The molecule has 0 saturated heterocycles. The van der Waals surface area contributed by atoms with Crippen molar-refractivity contribution in [3.05, 3.63) is 90.0 Å². The second kappa shape index (κ2) is 8.48. The Kier molecular flexibility index (Phi) is 5.43. The van der Waals surface area contributed by atoms with Crippen LogP contribution in [-0.2, 0) is 0 Å². The van der Waals surface area contributed by atoms with Crippen LogP contribution in [0.3, 0.4) is 0 Å². The van der Waals surface area contributed by atoms with Crippen LogP contribution in [0.2, 0.25) is 0 Å². The molecule has 7 nitrogen and oxygen atoms in total. The third-order valence-electron chi connectivity index (χ3n) is 4.60. The lowest BCUT2D eigenvalue weighted by Crippen LogP contribution is -2.17. The fourth-order valence-corrected chi connectivity index (χ4v) is 3.09. The van der Waals surface area contributed by atoms with Gasteiger partial charge in [-0.1, -0.05) is 30.3 Å². The van der Waals surface area contributed by atoms with Crippen molar-refractivity contribution in [2.75, 3.05) is 7.11 Å². The number of nitrogens with one attached hydrogen (secondary N) is 1. The number of aromatic nitrogens is 2. The Balaban J connectivity index is 1.69. The van der Waals surface area contributed by atoms with Crippen molar-refractivity contribution in [3.8, 4) is 22.7 Å². The molecule has 30 heavy (non-hydrogen) atoms. The van der Waals surface area contributed by atoms with Gasteiger partial charge in [-0.05, 0) is 37.3 Å². The van der Waals surface area contributed by atoms with Crippen molar-refractivity contribution in [2.24, 2.45) is 5.10 Å². The van der Waals surface area contributed by atoms with E-state index < -0.39 is 0 Å². The van der Waals surface area contributed by atoms with Crippen molar-refractivity contribution < 1.29 is 13.9 Å². The normalized spacial score (nSPS) is 11.0. The third kappa shape index (κ3) is 3.86. The molecule has 0 atom stereocenters. The van der Waals surface area contributed by atoms with Gasteiger partial charge in [0.1, 0.15) is 17.2 Å². The van der Waals surface area contributed by atoms with Gasteiger partial charge in [0.05, 0.1) is 30.8 Å². The number of nitrogens with zero attached hydrogens (tertiary/aromatic N) is 3. The highest BCUT2D eigenvalue weighted by atomic mass is 16.5. The number of aryl methyl sites for hydroxylation is 1. The van der Waals surface area contributed by atoms with Gasteiger partial charge in [-0.3, -0.25) is 4.79 Å². The number of carbonyl (C=O) groups excluding carboxylic acids is 1. The maximum atomic E-state index is 12.3. The van der Waals surface area contributed by atoms with Crippen LogP contribution in [0.1, 0.15) is 21.7 Å². The van der Waals surface area contributed by atoms with Crippen LogP contribution in [0.15, 0.2) is 82.6 Å². The van der Waals surface area contributed by atoms with Gasteiger partial charge >= 0.3 is 0 Å². The molecule has 2 aromatic heterocycles. The molecule has 0 aliphatic carbocycles. The van der Waals surface area contributed by atoms with E-state index >= 15 is 0 Å². The van der Waals surface area contributed by atoms with Crippen molar-refractivity contribution in [2.45, 2.75) is 6.92 Å². The van der Waals surface area contributed by atoms with Crippen molar-refractivity contribution in [1.82, 2.24) is 15.2 Å². The highest BCUT2D eigenvalue weighted by Crippen LogP contribution is 2.31. The lowest BCUT2D eigenvalue weighted by Gasteiger charge is -2.06. The summed E-state index contributed by atoms with van der Waals surface area (Å²) in [6, 6.07) is 19.0. The minimum absolute atomic E-state index is 0.341. The topological polar surface area (TPSA) is 81.6 Å². The zero-order valence-corrected chi connectivity index (χ0v) is 16.6. The summed E-state index contributed by atoms with van der Waals surface area (Å²) >= 11 is 0. The highest BCUT2D eigenvalue weighted by molar-refractivity contribution is 5.96. The predicted octanol–water partition coefficient (Wildman–Crippen LogP) is 4.21. The molecule has 0 spiro atoms. The number of benzene rings is 2. The molecule has 1 N–H and O–H groups in total. The Morgan fingerprint density at radius 1 is 1.13 bits per heavy atom. The van der Waals surface area contributed by atoms with E-state index in [2.05, 4.69) is 10.5 Å². The van der Waals surface area contributed by atoms with Gasteiger partial charge in [0, 0.05) is 17.3 Å². The lowest BCUT2D eigenvalue weighted by atomic mass is 10.1. The summed E-state index contributed by atoms with van der Waals surface area (Å²) in [6.45, 7) is 1.72. The zero-order chi connectivity index (χ0) is 20.9. The Morgan fingerprint density at radius 3 is 2.63 bits per heavy atom. The molecule has 0 aliphatic heterocycles. The SMILES string of the molecule is COc1ccccc1-c1nn(-c2ccccc2)cc1/C=N\NC(=O)c1ccoc1C. The summed E-state index contributed by atoms with van der Waals surface area (Å²) in [4.78, 5) is 12.3. The van der Waals surface area contributed by atoms with Crippen LogP contribution in [0.5, 0.6) is 5.75 Å². The van der Waals surface area contributed by atoms with E-state index in [1.807, 2.05) is 60.8 Å². The van der Waals surface area contributed by atoms with Crippen LogP contribution in [0.4, 0.5) is 0 Å². The fourth-order valence-electron chi connectivity index (χ4n) is 3.09. The number of hydrogen-bond acceptors (Lipinski definition) is 5. The number of methoxy groups -OCH3 is 1. The van der Waals surface area contributed by atoms with E-state index in [4.69, 9.17) is 14.3 Å². The number of para-hydroxylation sites is 2. The van der Waals surface area contributed by atoms with Crippen LogP contribution < -0.4 is 10.2 Å². The van der Waals surface area contributed by atoms with Crippen molar-refractivity contribution >= 4 is 12.1 Å². The minimum Gasteiger partial charge on any atom is -0.496 e. The monoisotopic (exact) mass is 400 g/mol. The average molecular weight is 400 g/mol. The molecule has 0 aliphatic rings. The lowest BCUT2D eigenvalue weighted by molar-refractivity contribution is 0.0953. The first-order chi connectivity index (χ1) is 14.7. The average Bonchev–Trinajstić information content (AvgIpc) is 3.40. The number of hydrazone groups is 1. The number of furan rings is 1. The van der Waals surface area contributed by atoms with Crippen LogP contribution in [-0.4, -0.2) is 29.0 Å². The maximum Gasteiger partial charge on any atom is 0.274 e. The first-order valence-electron chi connectivity index (χ1n) is 9.33. The Bertz CT molecular complexity index is 1190. The molecule has 4 aromatic rings. The highest BCUT2D eigenvalue weighted by Gasteiger charge is 2.15. The van der Waals surface area contributed by atoms with Gasteiger partial charge in [0.25, 0.3) is 5.91 Å². The second-order valence-corrected chi connectivity index (χ2v) is 6.50. The molecule has 2 aromatic carbocycles. The standard InChI is InChI=1S/C23H20N4O3/c1-16-19(12-13-30-16)23(28)25-24-14-17-15-27(18-8-4-3-5-9-18)26-22(17)20-10-6-7-11-21(20)29-2/h3-15H,1-2H3,(H,25,28)/b24-14-. The van der Waals surface area contributed by atoms with Crippen LogP contribution >= 0.6 is 0 Å². The number of ether oxygens (including phenoxy) is 1. The smallest absolute Gasteiger partial charge is 0.274 e. The number of carbonyl (C=O) groups is 1. The van der Waals surface area contributed by atoms with Gasteiger partial charge < -0.3 is 9.15 Å². The van der Waals surface area contributed by atoms with Gasteiger partial charge in [0.2, 0.25) is 0 Å². The van der Waals surface area contributed by atoms with Gasteiger partial charge in [-0.15, -0.1) is 0 Å². The third-order valence-corrected chi connectivity index (χ3v) is 4.60.